The Bertz CT molecular complexity index is 1250. The van der Waals surface area contributed by atoms with Gasteiger partial charge in [0.1, 0.15) is 6.61 Å². The number of nitrogens with one attached hydrogen (secondary N) is 2. The standard InChI is InChI=1S/C35H46N2O7S/c1-25(2)22-28(34(42)36-30(24-45)31(38)17-11-5-8-14-26-12-6-3-7-13-26)18-20-32(39)29(19-21-33(40)41)37-35(43)44-23-27-15-9-4-10-16-27/h3-4,6-7,9-10,12-13,15-16,18,20,25,28-30,45H,5,8,11,14,17,19,21-24H2,1-2H3,(H,36,42)(H,37,43)(H,40,41)/b20-18+/t28-,29?,30?/m0/s1. The van der Waals surface area contributed by atoms with Crippen LogP contribution >= 0.6 is 12.6 Å². The van der Waals surface area contributed by atoms with E-state index in [0.29, 0.717) is 19.3 Å². The number of Topliss-reactive ketones (excluding diaryl/α,β-unsaturated/α-hetero) is 1. The number of hydrogen-bond donors (Lipinski definition) is 4. The van der Waals surface area contributed by atoms with Crippen molar-refractivity contribution in [2.24, 2.45) is 11.8 Å². The first kappa shape index (κ1) is 37.3. The molecule has 2 aromatic rings. The number of benzene rings is 2. The van der Waals surface area contributed by atoms with Gasteiger partial charge < -0.3 is 20.5 Å². The van der Waals surface area contributed by atoms with Crippen LogP contribution in [-0.4, -0.2) is 52.5 Å². The molecule has 9 nitrogen and oxygen atoms in total. The predicted octanol–water partition coefficient (Wildman–Crippen LogP) is 5.72. The molecule has 244 valence electrons. The van der Waals surface area contributed by atoms with Crippen molar-refractivity contribution in [2.75, 3.05) is 5.75 Å². The lowest BCUT2D eigenvalue weighted by Gasteiger charge is -2.21. The SMILES string of the molecule is CC(C)C[C@H](/C=C/C(=O)C(CCC(=O)O)NC(=O)OCc1ccccc1)C(=O)NC(CS)C(=O)CCCCCc1ccccc1. The molecule has 2 amide bonds. The average molecular weight is 639 g/mol. The molecule has 0 radical (unpaired) electrons. The average Bonchev–Trinajstić information content (AvgIpc) is 3.03. The predicted molar refractivity (Wildman–Crippen MR) is 177 cm³/mol. The molecule has 2 aromatic carbocycles. The number of amides is 2. The van der Waals surface area contributed by atoms with Gasteiger partial charge >= 0.3 is 12.1 Å². The van der Waals surface area contributed by atoms with Crippen molar-refractivity contribution >= 4 is 42.2 Å². The summed E-state index contributed by atoms with van der Waals surface area (Å²) in [7, 11) is 0. The first-order chi connectivity index (χ1) is 21.6. The Kier molecular flexibility index (Phi) is 17.3. The number of aryl methyl sites for hydroxylation is 1. The molecule has 0 aliphatic heterocycles. The summed E-state index contributed by atoms with van der Waals surface area (Å²) in [6.45, 7) is 3.86. The molecule has 0 spiro atoms. The maximum Gasteiger partial charge on any atom is 0.408 e. The zero-order valence-corrected chi connectivity index (χ0v) is 27.0. The molecular weight excluding hydrogens is 592 g/mol. The van der Waals surface area contributed by atoms with Crippen molar-refractivity contribution in [3.8, 4) is 0 Å². The van der Waals surface area contributed by atoms with Crippen LogP contribution < -0.4 is 10.6 Å². The van der Waals surface area contributed by atoms with E-state index in [1.807, 2.05) is 38.1 Å². The van der Waals surface area contributed by atoms with Gasteiger partial charge in [0, 0.05) is 18.6 Å². The van der Waals surface area contributed by atoms with Gasteiger partial charge in [0.2, 0.25) is 5.91 Å². The van der Waals surface area contributed by atoms with Crippen LogP contribution in [0.5, 0.6) is 0 Å². The fourth-order valence-electron chi connectivity index (χ4n) is 4.70. The Labute approximate surface area is 271 Å². The minimum absolute atomic E-state index is 0.0162. The monoisotopic (exact) mass is 638 g/mol. The van der Waals surface area contributed by atoms with Crippen LogP contribution in [0, 0.1) is 11.8 Å². The van der Waals surface area contributed by atoms with Crippen LogP contribution in [0.15, 0.2) is 72.8 Å². The lowest BCUT2D eigenvalue weighted by molar-refractivity contribution is -0.137. The highest BCUT2D eigenvalue weighted by atomic mass is 32.1. The fraction of sp³-hybridized carbons (Fsp3) is 0.457. The molecule has 45 heavy (non-hydrogen) atoms. The van der Waals surface area contributed by atoms with Gasteiger partial charge in [-0.3, -0.25) is 19.2 Å². The van der Waals surface area contributed by atoms with E-state index in [9.17, 15) is 24.0 Å². The van der Waals surface area contributed by atoms with E-state index in [4.69, 9.17) is 9.84 Å². The second kappa shape index (κ2) is 20.9. The molecule has 0 bridgehead atoms. The smallest absolute Gasteiger partial charge is 0.408 e. The normalized spacial score (nSPS) is 13.2. The Morgan fingerprint density at radius 3 is 2.09 bits per heavy atom. The number of carbonyl (C=O) groups is 5. The molecule has 0 fully saturated rings. The molecule has 0 saturated carbocycles. The molecule has 2 unspecified atom stereocenters. The third-order valence-electron chi connectivity index (χ3n) is 7.17. The van der Waals surface area contributed by atoms with E-state index in [0.717, 1.165) is 24.8 Å². The van der Waals surface area contributed by atoms with E-state index in [1.54, 1.807) is 24.3 Å². The molecule has 2 rings (SSSR count). The van der Waals surface area contributed by atoms with Gasteiger partial charge in [0.15, 0.2) is 11.6 Å². The molecule has 3 N–H and O–H groups in total. The van der Waals surface area contributed by atoms with E-state index in [-0.39, 0.29) is 36.9 Å². The van der Waals surface area contributed by atoms with Crippen LogP contribution in [-0.2, 0) is 36.9 Å². The number of ketones is 2. The van der Waals surface area contributed by atoms with Crippen molar-refractivity contribution in [2.45, 2.75) is 83.9 Å². The summed E-state index contributed by atoms with van der Waals surface area (Å²) in [5.74, 6) is -2.64. The zero-order chi connectivity index (χ0) is 33.0. The summed E-state index contributed by atoms with van der Waals surface area (Å²) in [5.41, 5.74) is 2.02. The maximum absolute atomic E-state index is 13.3. The van der Waals surface area contributed by atoms with Crippen molar-refractivity contribution in [3.63, 3.8) is 0 Å². The Morgan fingerprint density at radius 1 is 0.844 bits per heavy atom. The molecule has 0 saturated heterocycles. The molecule has 0 aromatic heterocycles. The molecule has 0 aliphatic rings. The van der Waals surface area contributed by atoms with Gasteiger partial charge in [-0.05, 0) is 55.2 Å². The summed E-state index contributed by atoms with van der Waals surface area (Å²) in [4.78, 5) is 62.8. The van der Waals surface area contributed by atoms with E-state index in [1.165, 1.54) is 17.7 Å². The maximum atomic E-state index is 13.3. The van der Waals surface area contributed by atoms with E-state index < -0.39 is 41.8 Å². The molecular formula is C35H46N2O7S. The molecule has 3 atom stereocenters. The van der Waals surface area contributed by atoms with Gasteiger partial charge in [0.25, 0.3) is 0 Å². The minimum Gasteiger partial charge on any atom is -0.481 e. The summed E-state index contributed by atoms with van der Waals surface area (Å²) in [6.07, 6.45) is 5.56. The zero-order valence-electron chi connectivity index (χ0n) is 26.2. The first-order valence-electron chi connectivity index (χ1n) is 15.5. The number of rotatable bonds is 21. The lowest BCUT2D eigenvalue weighted by atomic mass is 9.94. The Hall–Kier alpha value is -3.92. The summed E-state index contributed by atoms with van der Waals surface area (Å²) in [5, 5.41) is 14.4. The van der Waals surface area contributed by atoms with Gasteiger partial charge in [-0.1, -0.05) is 87.0 Å². The molecule has 10 heteroatoms. The number of aliphatic carboxylic acids is 1. The largest absolute Gasteiger partial charge is 0.481 e. The van der Waals surface area contributed by atoms with E-state index in [2.05, 4.69) is 35.4 Å². The van der Waals surface area contributed by atoms with Crippen molar-refractivity contribution < 1.29 is 33.8 Å². The summed E-state index contributed by atoms with van der Waals surface area (Å²) < 4.78 is 5.20. The van der Waals surface area contributed by atoms with Crippen molar-refractivity contribution in [3.05, 3.63) is 83.9 Å². The third kappa shape index (κ3) is 15.6. The van der Waals surface area contributed by atoms with Gasteiger partial charge in [-0.2, -0.15) is 12.6 Å². The number of carboxylic acid groups (broad SMARTS) is 1. The Balaban J connectivity index is 1.96. The lowest BCUT2D eigenvalue weighted by Crippen LogP contribution is -2.45. The minimum atomic E-state index is -1.16. The van der Waals surface area contributed by atoms with Crippen LogP contribution in [0.2, 0.25) is 0 Å². The summed E-state index contributed by atoms with van der Waals surface area (Å²) >= 11 is 4.30. The van der Waals surface area contributed by atoms with Gasteiger partial charge in [0.05, 0.1) is 18.0 Å². The highest BCUT2D eigenvalue weighted by Gasteiger charge is 2.25. The summed E-state index contributed by atoms with van der Waals surface area (Å²) in [6, 6.07) is 17.2. The number of unbranched alkanes of at least 4 members (excludes halogenated alkanes) is 2. The first-order valence-corrected chi connectivity index (χ1v) is 16.1. The van der Waals surface area contributed by atoms with Crippen LogP contribution in [0.3, 0.4) is 0 Å². The number of hydrogen-bond acceptors (Lipinski definition) is 7. The third-order valence-corrected chi connectivity index (χ3v) is 7.53. The highest BCUT2D eigenvalue weighted by molar-refractivity contribution is 7.80. The number of alkyl carbamates (subject to hydrolysis) is 1. The van der Waals surface area contributed by atoms with E-state index >= 15 is 0 Å². The van der Waals surface area contributed by atoms with Crippen LogP contribution in [0.4, 0.5) is 4.79 Å². The quantitative estimate of drug-likeness (QED) is 0.0779. The second-order valence-electron chi connectivity index (χ2n) is 11.4. The fourth-order valence-corrected chi connectivity index (χ4v) is 4.99. The second-order valence-corrected chi connectivity index (χ2v) is 11.8. The highest BCUT2D eigenvalue weighted by Crippen LogP contribution is 2.16. The van der Waals surface area contributed by atoms with Gasteiger partial charge in [-0.25, -0.2) is 4.79 Å². The van der Waals surface area contributed by atoms with Crippen LogP contribution in [0.25, 0.3) is 0 Å². The van der Waals surface area contributed by atoms with Gasteiger partial charge in [-0.15, -0.1) is 0 Å². The number of carboxylic acids is 1. The number of thiol groups is 1. The molecule has 0 heterocycles. The topological polar surface area (TPSA) is 139 Å². The molecule has 0 aliphatic carbocycles. The Morgan fingerprint density at radius 2 is 1.49 bits per heavy atom. The van der Waals surface area contributed by atoms with Crippen molar-refractivity contribution in [1.82, 2.24) is 10.6 Å². The number of ether oxygens (including phenoxy) is 1. The number of carbonyl (C=O) groups excluding carboxylic acids is 4. The van der Waals surface area contributed by atoms with Crippen molar-refractivity contribution in [1.29, 1.82) is 0 Å². The van der Waals surface area contributed by atoms with Crippen LogP contribution in [0.1, 0.15) is 69.9 Å².